The quantitative estimate of drug-likeness (QED) is 0.520. The highest BCUT2D eigenvalue weighted by molar-refractivity contribution is 7.89. The normalized spacial score (nSPS) is 11.2. The molecule has 0 spiro atoms. The maximum atomic E-state index is 12.5. The fraction of sp³-hybridized carbons (Fsp3) is 0.143. The fourth-order valence-electron chi connectivity index (χ4n) is 2.79. The molecule has 2 amide bonds. The average Bonchev–Trinajstić information content (AvgIpc) is 2.71. The molecule has 0 atom stereocenters. The van der Waals surface area contributed by atoms with E-state index in [1.165, 1.54) is 6.92 Å². The number of hydrogen-bond acceptors (Lipinski definition) is 4. The van der Waals surface area contributed by atoms with Crippen molar-refractivity contribution < 1.29 is 18.0 Å². The molecule has 0 saturated heterocycles. The summed E-state index contributed by atoms with van der Waals surface area (Å²) in [5, 5.41) is 7.08. The highest BCUT2D eigenvalue weighted by atomic mass is 32.2. The van der Waals surface area contributed by atoms with Gasteiger partial charge in [0.1, 0.15) is 0 Å². The van der Waals surface area contributed by atoms with Gasteiger partial charge >= 0.3 is 0 Å². The predicted molar refractivity (Wildman–Crippen MR) is 112 cm³/mol. The number of benzene rings is 3. The zero-order valence-corrected chi connectivity index (χ0v) is 16.6. The van der Waals surface area contributed by atoms with Crippen LogP contribution in [0.3, 0.4) is 0 Å². The Bertz CT molecular complexity index is 1140. The summed E-state index contributed by atoms with van der Waals surface area (Å²) in [6, 6.07) is 18.9. The molecule has 3 N–H and O–H groups in total. The fourth-order valence-corrected chi connectivity index (χ4v) is 3.86. The van der Waals surface area contributed by atoms with Gasteiger partial charge in [0.15, 0.2) is 0 Å². The molecule has 3 aromatic carbocycles. The Morgan fingerprint density at radius 1 is 0.862 bits per heavy atom. The van der Waals surface area contributed by atoms with Crippen LogP contribution >= 0.6 is 0 Å². The topological polar surface area (TPSA) is 104 Å². The van der Waals surface area contributed by atoms with Crippen LogP contribution in [0.25, 0.3) is 10.8 Å². The monoisotopic (exact) mass is 411 g/mol. The summed E-state index contributed by atoms with van der Waals surface area (Å²) in [5.41, 5.74) is 1.01. The van der Waals surface area contributed by atoms with Gasteiger partial charge in [-0.1, -0.05) is 30.3 Å². The van der Waals surface area contributed by atoms with E-state index in [9.17, 15) is 18.0 Å². The Labute approximate surface area is 169 Å². The lowest BCUT2D eigenvalue weighted by Crippen LogP contribution is -2.34. The van der Waals surface area contributed by atoms with Gasteiger partial charge in [0.05, 0.1) is 4.90 Å². The molecule has 3 rings (SSSR count). The van der Waals surface area contributed by atoms with E-state index in [1.54, 1.807) is 42.5 Å². The minimum Gasteiger partial charge on any atom is -0.351 e. The van der Waals surface area contributed by atoms with Gasteiger partial charge < -0.3 is 10.6 Å². The molecule has 0 aliphatic carbocycles. The number of hydrogen-bond donors (Lipinski definition) is 3. The first-order valence-corrected chi connectivity index (χ1v) is 10.5. The van der Waals surface area contributed by atoms with Gasteiger partial charge in [-0.15, -0.1) is 0 Å². The van der Waals surface area contributed by atoms with Gasteiger partial charge in [0.25, 0.3) is 5.91 Å². The van der Waals surface area contributed by atoms with Crippen molar-refractivity contribution >= 4 is 38.3 Å². The second-order valence-corrected chi connectivity index (χ2v) is 8.19. The highest BCUT2D eigenvalue weighted by Gasteiger charge is 2.14. The summed E-state index contributed by atoms with van der Waals surface area (Å²) >= 11 is 0. The molecule has 7 nitrogen and oxygen atoms in total. The Kier molecular flexibility index (Phi) is 6.26. The molecule has 150 valence electrons. The molecular formula is C21H21N3O4S. The van der Waals surface area contributed by atoms with Crippen LogP contribution in [0.2, 0.25) is 0 Å². The van der Waals surface area contributed by atoms with Crippen molar-refractivity contribution in [3.05, 3.63) is 72.3 Å². The Balaban J connectivity index is 1.53. The molecular weight excluding hydrogens is 390 g/mol. The van der Waals surface area contributed by atoms with Crippen LogP contribution in [0.1, 0.15) is 17.3 Å². The van der Waals surface area contributed by atoms with Crippen LogP contribution in [-0.2, 0) is 14.8 Å². The highest BCUT2D eigenvalue weighted by Crippen LogP contribution is 2.18. The maximum Gasteiger partial charge on any atom is 0.251 e. The molecule has 0 radical (unpaired) electrons. The first-order valence-electron chi connectivity index (χ1n) is 8.99. The molecule has 0 aliphatic rings. The second-order valence-electron chi connectivity index (χ2n) is 6.42. The third-order valence-electron chi connectivity index (χ3n) is 4.20. The molecule has 0 fully saturated rings. The SMILES string of the molecule is CC(=O)Nc1ccc(C(=O)NCCNS(=O)(=O)c2ccc3ccccc3c2)cc1. The lowest BCUT2D eigenvalue weighted by molar-refractivity contribution is -0.114. The molecule has 3 aromatic rings. The number of nitrogens with one attached hydrogen (secondary N) is 3. The molecule has 29 heavy (non-hydrogen) atoms. The van der Waals surface area contributed by atoms with E-state index in [-0.39, 0.29) is 29.8 Å². The lowest BCUT2D eigenvalue weighted by atomic mass is 10.1. The van der Waals surface area contributed by atoms with Crippen LogP contribution in [0.15, 0.2) is 71.6 Å². The predicted octanol–water partition coefficient (Wildman–Crippen LogP) is 2.51. The summed E-state index contributed by atoms with van der Waals surface area (Å²) in [6.45, 7) is 1.60. The molecule has 0 bridgehead atoms. The van der Waals surface area contributed by atoms with E-state index >= 15 is 0 Å². The minimum absolute atomic E-state index is 0.0604. The van der Waals surface area contributed by atoms with Crippen molar-refractivity contribution in [3.63, 3.8) is 0 Å². The molecule has 0 heterocycles. The summed E-state index contributed by atoms with van der Waals surface area (Å²) < 4.78 is 27.4. The van der Waals surface area contributed by atoms with Gasteiger partial charge in [-0.3, -0.25) is 9.59 Å². The average molecular weight is 411 g/mol. The number of rotatable bonds is 7. The van der Waals surface area contributed by atoms with E-state index < -0.39 is 10.0 Å². The standard InChI is InChI=1S/C21H21N3O4S/c1-15(25)24-19-9-6-17(7-10-19)21(26)22-12-13-23-29(27,28)20-11-8-16-4-2-3-5-18(16)14-20/h2-11,14,23H,12-13H2,1H3,(H,22,26)(H,24,25). The van der Waals surface area contributed by atoms with Crippen LogP contribution in [0, 0.1) is 0 Å². The number of fused-ring (bicyclic) bond motifs is 1. The zero-order valence-electron chi connectivity index (χ0n) is 15.8. The Morgan fingerprint density at radius 3 is 2.24 bits per heavy atom. The van der Waals surface area contributed by atoms with Crippen LogP contribution in [-0.4, -0.2) is 33.3 Å². The summed E-state index contributed by atoms with van der Waals surface area (Å²) in [5.74, 6) is -0.523. The van der Waals surface area contributed by atoms with E-state index in [1.807, 2.05) is 24.3 Å². The summed E-state index contributed by atoms with van der Waals surface area (Å²) in [6.07, 6.45) is 0. The number of carbonyl (C=O) groups is 2. The third kappa shape index (κ3) is 5.40. The van der Waals surface area contributed by atoms with Gasteiger partial charge in [-0.25, -0.2) is 13.1 Å². The van der Waals surface area contributed by atoms with E-state index in [0.29, 0.717) is 11.3 Å². The zero-order chi connectivity index (χ0) is 20.9. The third-order valence-corrected chi connectivity index (χ3v) is 5.66. The van der Waals surface area contributed by atoms with Gasteiger partial charge in [-0.2, -0.15) is 0 Å². The van der Waals surface area contributed by atoms with Crippen molar-refractivity contribution in [1.29, 1.82) is 0 Å². The van der Waals surface area contributed by atoms with Gasteiger partial charge in [0.2, 0.25) is 15.9 Å². The molecule has 0 aromatic heterocycles. The molecule has 0 unspecified atom stereocenters. The Hall–Kier alpha value is -3.23. The number of anilines is 1. The van der Waals surface area contributed by atoms with Crippen LogP contribution in [0.5, 0.6) is 0 Å². The molecule has 8 heteroatoms. The van der Waals surface area contributed by atoms with Crippen LogP contribution < -0.4 is 15.4 Å². The van der Waals surface area contributed by atoms with Crippen molar-refractivity contribution in [2.75, 3.05) is 18.4 Å². The number of carbonyl (C=O) groups excluding carboxylic acids is 2. The van der Waals surface area contributed by atoms with Crippen molar-refractivity contribution in [2.45, 2.75) is 11.8 Å². The largest absolute Gasteiger partial charge is 0.351 e. The lowest BCUT2D eigenvalue weighted by Gasteiger charge is -2.09. The minimum atomic E-state index is -3.67. The molecule has 0 aliphatic heterocycles. The van der Waals surface area contributed by atoms with Gasteiger partial charge in [0, 0.05) is 31.3 Å². The van der Waals surface area contributed by atoms with E-state index in [4.69, 9.17) is 0 Å². The van der Waals surface area contributed by atoms with Gasteiger partial charge in [-0.05, 0) is 47.2 Å². The second kappa shape index (κ2) is 8.85. The van der Waals surface area contributed by atoms with Crippen LogP contribution in [0.4, 0.5) is 5.69 Å². The summed E-state index contributed by atoms with van der Waals surface area (Å²) in [4.78, 5) is 23.3. The van der Waals surface area contributed by atoms with Crippen molar-refractivity contribution in [3.8, 4) is 0 Å². The first kappa shape index (κ1) is 20.5. The first-order chi connectivity index (χ1) is 13.8. The number of sulfonamides is 1. The molecule has 0 saturated carbocycles. The Morgan fingerprint density at radius 2 is 1.55 bits per heavy atom. The smallest absolute Gasteiger partial charge is 0.251 e. The number of amides is 2. The van der Waals surface area contributed by atoms with Crippen molar-refractivity contribution in [2.24, 2.45) is 0 Å². The van der Waals surface area contributed by atoms with Crippen molar-refractivity contribution in [1.82, 2.24) is 10.0 Å². The maximum absolute atomic E-state index is 12.5. The van der Waals surface area contributed by atoms with E-state index in [0.717, 1.165) is 10.8 Å². The summed E-state index contributed by atoms with van der Waals surface area (Å²) in [7, 11) is -3.67. The van der Waals surface area contributed by atoms with E-state index in [2.05, 4.69) is 15.4 Å².